The van der Waals surface area contributed by atoms with E-state index in [0.29, 0.717) is 22.1 Å². The van der Waals surface area contributed by atoms with Crippen molar-refractivity contribution in [3.8, 4) is 11.5 Å². The molecule has 4 aromatic rings. The van der Waals surface area contributed by atoms with Gasteiger partial charge >= 0.3 is 0 Å². The van der Waals surface area contributed by atoms with Crippen molar-refractivity contribution in [2.45, 2.75) is 31.5 Å². The zero-order chi connectivity index (χ0) is 21.3. The van der Waals surface area contributed by atoms with E-state index in [1.54, 1.807) is 24.3 Å². The summed E-state index contributed by atoms with van der Waals surface area (Å²) in [4.78, 5) is 17.2. The lowest BCUT2D eigenvalue weighted by molar-refractivity contribution is -0.113. The molecule has 2 aromatic heterocycles. The van der Waals surface area contributed by atoms with Crippen LogP contribution in [0, 0.1) is 0 Å². The molecule has 0 saturated carbocycles. The van der Waals surface area contributed by atoms with Crippen LogP contribution in [-0.2, 0) is 10.3 Å². The van der Waals surface area contributed by atoms with E-state index in [4.69, 9.17) is 16.0 Å². The van der Waals surface area contributed by atoms with E-state index in [0.717, 1.165) is 16.6 Å². The highest BCUT2D eigenvalue weighted by atomic mass is 35.5. The van der Waals surface area contributed by atoms with Crippen LogP contribution in [0.1, 0.15) is 20.8 Å². The zero-order valence-corrected chi connectivity index (χ0v) is 18.3. The van der Waals surface area contributed by atoms with Gasteiger partial charge in [-0.25, -0.2) is 4.98 Å². The number of nitrogens with zero attached hydrogens (tertiary/aromatic N) is 4. The largest absolute Gasteiger partial charge is 0.411 e. The molecule has 30 heavy (non-hydrogen) atoms. The molecule has 0 bridgehead atoms. The number of hydrogen-bond acceptors (Lipinski definition) is 6. The molecular weight excluding hydrogens is 422 g/mol. The molecule has 2 aromatic carbocycles. The summed E-state index contributed by atoms with van der Waals surface area (Å²) in [5.74, 6) is 0.813. The molecule has 1 N–H and O–H groups in total. The highest BCUT2D eigenvalue weighted by Crippen LogP contribution is 2.28. The Morgan fingerprint density at radius 3 is 2.60 bits per heavy atom. The van der Waals surface area contributed by atoms with Crippen LogP contribution in [0.4, 0.5) is 5.95 Å². The van der Waals surface area contributed by atoms with Crippen LogP contribution in [0.15, 0.2) is 58.2 Å². The van der Waals surface area contributed by atoms with E-state index in [2.05, 4.69) is 41.3 Å². The lowest BCUT2D eigenvalue weighted by Gasteiger charge is -2.24. The minimum atomic E-state index is -0.244. The number of rotatable bonds is 5. The van der Waals surface area contributed by atoms with Gasteiger partial charge in [0.05, 0.1) is 16.8 Å². The van der Waals surface area contributed by atoms with Gasteiger partial charge in [-0.15, -0.1) is 10.2 Å². The number of imidazole rings is 1. The van der Waals surface area contributed by atoms with Crippen molar-refractivity contribution in [3.05, 3.63) is 53.6 Å². The Kier molecular flexibility index (Phi) is 5.53. The standard InChI is InChI=1S/C21H20ClN5O2S/c1-21(2,3)27-16-7-5-4-6-15(16)23-19(27)24-17(28)12-30-20-26-25-18(29-20)13-8-10-14(22)11-9-13/h4-11H,12H2,1-3H3,(H,23,24,28). The fourth-order valence-electron chi connectivity index (χ4n) is 3.05. The van der Waals surface area contributed by atoms with Gasteiger partial charge in [-0.05, 0) is 57.2 Å². The molecule has 0 atom stereocenters. The summed E-state index contributed by atoms with van der Waals surface area (Å²) in [6, 6.07) is 14.9. The number of benzene rings is 2. The van der Waals surface area contributed by atoms with Gasteiger partial charge in [0.25, 0.3) is 5.22 Å². The van der Waals surface area contributed by atoms with Crippen LogP contribution < -0.4 is 5.32 Å². The summed E-state index contributed by atoms with van der Waals surface area (Å²) in [5, 5.41) is 11.9. The second-order valence-corrected chi connectivity index (χ2v) is 9.01. The summed E-state index contributed by atoms with van der Waals surface area (Å²) < 4.78 is 7.66. The molecule has 0 aliphatic heterocycles. The van der Waals surface area contributed by atoms with Crippen LogP contribution in [0.5, 0.6) is 0 Å². The molecule has 0 unspecified atom stereocenters. The third-order valence-corrected chi connectivity index (χ3v) is 5.38. The maximum Gasteiger partial charge on any atom is 0.277 e. The highest BCUT2D eigenvalue weighted by molar-refractivity contribution is 7.99. The number of para-hydroxylation sites is 2. The molecule has 0 radical (unpaired) electrons. The Morgan fingerprint density at radius 2 is 1.87 bits per heavy atom. The van der Waals surface area contributed by atoms with Crippen LogP contribution in [-0.4, -0.2) is 31.4 Å². The predicted octanol–water partition coefficient (Wildman–Crippen LogP) is 5.23. The number of hydrogen-bond donors (Lipinski definition) is 1. The third kappa shape index (κ3) is 4.34. The monoisotopic (exact) mass is 441 g/mol. The highest BCUT2D eigenvalue weighted by Gasteiger charge is 2.22. The van der Waals surface area contributed by atoms with Crippen molar-refractivity contribution in [3.63, 3.8) is 0 Å². The van der Waals surface area contributed by atoms with Crippen LogP contribution in [0.3, 0.4) is 0 Å². The van der Waals surface area contributed by atoms with Crippen molar-refractivity contribution in [2.75, 3.05) is 11.1 Å². The topological polar surface area (TPSA) is 85.8 Å². The average Bonchev–Trinajstić information content (AvgIpc) is 3.30. The summed E-state index contributed by atoms with van der Waals surface area (Å²) in [6.45, 7) is 6.22. The van der Waals surface area contributed by atoms with E-state index in [9.17, 15) is 4.79 Å². The molecular formula is C21H20ClN5O2S. The smallest absolute Gasteiger partial charge is 0.277 e. The van der Waals surface area contributed by atoms with Crippen LogP contribution >= 0.6 is 23.4 Å². The fourth-order valence-corrected chi connectivity index (χ4v) is 3.74. The molecule has 1 amide bonds. The molecule has 154 valence electrons. The van der Waals surface area contributed by atoms with Gasteiger partial charge in [0.2, 0.25) is 17.7 Å². The van der Waals surface area contributed by atoms with Gasteiger partial charge in [-0.3, -0.25) is 10.1 Å². The molecule has 7 nitrogen and oxygen atoms in total. The average molecular weight is 442 g/mol. The summed E-state index contributed by atoms with van der Waals surface area (Å²) >= 11 is 7.07. The molecule has 0 aliphatic carbocycles. The first kappa shape index (κ1) is 20.4. The van der Waals surface area contributed by atoms with Crippen LogP contribution in [0.25, 0.3) is 22.5 Å². The Morgan fingerprint density at radius 1 is 1.13 bits per heavy atom. The minimum absolute atomic E-state index is 0.121. The Labute approximate surface area is 182 Å². The Bertz CT molecular complexity index is 1190. The van der Waals surface area contributed by atoms with Gasteiger partial charge in [0.15, 0.2) is 0 Å². The maximum atomic E-state index is 12.6. The van der Waals surface area contributed by atoms with E-state index in [1.165, 1.54) is 11.8 Å². The number of anilines is 1. The first-order valence-corrected chi connectivity index (χ1v) is 10.7. The summed E-state index contributed by atoms with van der Waals surface area (Å²) in [6.07, 6.45) is 0. The Hall–Kier alpha value is -2.84. The molecule has 0 aliphatic rings. The molecule has 0 saturated heterocycles. The van der Waals surface area contributed by atoms with Crippen molar-refractivity contribution in [2.24, 2.45) is 0 Å². The molecule has 4 rings (SSSR count). The molecule has 9 heteroatoms. The minimum Gasteiger partial charge on any atom is -0.411 e. The van der Waals surface area contributed by atoms with Crippen molar-refractivity contribution in [1.29, 1.82) is 0 Å². The quantitative estimate of drug-likeness (QED) is 0.427. The number of carbonyl (C=O) groups excluding carboxylic acids is 1. The lowest BCUT2D eigenvalue weighted by Crippen LogP contribution is -2.26. The molecule has 2 heterocycles. The number of aromatic nitrogens is 4. The van der Waals surface area contributed by atoms with E-state index < -0.39 is 0 Å². The van der Waals surface area contributed by atoms with E-state index in [1.807, 2.05) is 28.8 Å². The van der Waals surface area contributed by atoms with Crippen molar-refractivity contribution >= 4 is 46.3 Å². The first-order valence-electron chi connectivity index (χ1n) is 9.31. The number of fused-ring (bicyclic) bond motifs is 1. The van der Waals surface area contributed by atoms with Gasteiger partial charge in [0.1, 0.15) is 0 Å². The van der Waals surface area contributed by atoms with E-state index in [-0.39, 0.29) is 17.2 Å². The maximum absolute atomic E-state index is 12.6. The van der Waals surface area contributed by atoms with Crippen molar-refractivity contribution in [1.82, 2.24) is 19.7 Å². The van der Waals surface area contributed by atoms with Gasteiger partial charge in [0, 0.05) is 16.1 Å². The van der Waals surface area contributed by atoms with Crippen molar-refractivity contribution < 1.29 is 9.21 Å². The number of nitrogens with one attached hydrogen (secondary N) is 1. The second-order valence-electron chi connectivity index (χ2n) is 7.65. The number of amides is 1. The number of thioether (sulfide) groups is 1. The first-order chi connectivity index (χ1) is 14.3. The van der Waals surface area contributed by atoms with Gasteiger partial charge in [-0.1, -0.05) is 35.5 Å². The molecule has 0 spiro atoms. The predicted molar refractivity (Wildman–Crippen MR) is 119 cm³/mol. The SMILES string of the molecule is CC(C)(C)n1c(NC(=O)CSc2nnc(-c3ccc(Cl)cc3)o2)nc2ccccc21. The summed E-state index contributed by atoms with van der Waals surface area (Å²) in [7, 11) is 0. The third-order valence-electron chi connectivity index (χ3n) is 4.31. The zero-order valence-electron chi connectivity index (χ0n) is 16.7. The molecule has 0 fully saturated rings. The van der Waals surface area contributed by atoms with Gasteiger partial charge < -0.3 is 8.98 Å². The second kappa shape index (κ2) is 8.12. The van der Waals surface area contributed by atoms with Gasteiger partial charge in [-0.2, -0.15) is 0 Å². The normalized spacial score (nSPS) is 11.7. The Balaban J connectivity index is 1.45. The van der Waals surface area contributed by atoms with E-state index >= 15 is 0 Å². The number of halogens is 1. The lowest BCUT2D eigenvalue weighted by atomic mass is 10.1. The fraction of sp³-hybridized carbons (Fsp3) is 0.238. The number of carbonyl (C=O) groups is 1. The van der Waals surface area contributed by atoms with Crippen LogP contribution in [0.2, 0.25) is 5.02 Å². The summed E-state index contributed by atoms with van der Waals surface area (Å²) in [5.41, 5.74) is 2.32.